The van der Waals surface area contributed by atoms with Crippen molar-refractivity contribution in [1.29, 1.82) is 0 Å². The van der Waals surface area contributed by atoms with Crippen molar-refractivity contribution in [2.75, 3.05) is 18.8 Å². The summed E-state index contributed by atoms with van der Waals surface area (Å²) in [7, 11) is -2.97. The zero-order valence-electron chi connectivity index (χ0n) is 9.34. The van der Waals surface area contributed by atoms with Gasteiger partial charge in [0.25, 0.3) is 0 Å². The van der Waals surface area contributed by atoms with E-state index in [1.807, 2.05) is 6.08 Å². The second-order valence-electron chi connectivity index (χ2n) is 4.26. The Kier molecular flexibility index (Phi) is 5.37. The van der Waals surface area contributed by atoms with Crippen molar-refractivity contribution in [3.05, 3.63) is 12.7 Å². The number of nitrogens with one attached hydrogen (secondary N) is 1. The number of hydrogen-bond acceptors (Lipinski definition) is 3. The smallest absolute Gasteiger partial charge is 0.156 e. The Bertz CT molecular complexity index is 262. The average molecular weight is 219 g/mol. The van der Waals surface area contributed by atoms with E-state index < -0.39 is 14.6 Å². The van der Waals surface area contributed by atoms with Crippen LogP contribution >= 0.6 is 0 Å². The van der Waals surface area contributed by atoms with Crippen molar-refractivity contribution in [2.45, 2.75) is 31.9 Å². The van der Waals surface area contributed by atoms with E-state index in [0.29, 0.717) is 6.54 Å². The van der Waals surface area contributed by atoms with Crippen molar-refractivity contribution in [3.63, 3.8) is 0 Å². The highest BCUT2D eigenvalue weighted by Gasteiger charge is 2.27. The van der Waals surface area contributed by atoms with Gasteiger partial charge in [-0.05, 0) is 33.7 Å². The van der Waals surface area contributed by atoms with Gasteiger partial charge in [-0.25, -0.2) is 8.42 Å². The highest BCUT2D eigenvalue weighted by atomic mass is 32.2. The van der Waals surface area contributed by atoms with E-state index >= 15 is 0 Å². The summed E-state index contributed by atoms with van der Waals surface area (Å²) in [5.41, 5.74) is 0. The number of rotatable bonds is 6. The van der Waals surface area contributed by atoms with Gasteiger partial charge in [-0.2, -0.15) is 0 Å². The molecule has 3 nitrogen and oxygen atoms in total. The van der Waals surface area contributed by atoms with E-state index in [0.717, 1.165) is 13.0 Å². The van der Waals surface area contributed by atoms with Crippen LogP contribution in [0.5, 0.6) is 0 Å². The van der Waals surface area contributed by atoms with E-state index in [4.69, 9.17) is 0 Å². The zero-order valence-corrected chi connectivity index (χ0v) is 10.2. The summed E-state index contributed by atoms with van der Waals surface area (Å²) in [6, 6.07) is 0. The fourth-order valence-corrected chi connectivity index (χ4v) is 1.87. The molecule has 4 heteroatoms. The van der Waals surface area contributed by atoms with Crippen LogP contribution in [-0.4, -0.2) is 32.0 Å². The third-order valence-corrected chi connectivity index (χ3v) is 4.61. The van der Waals surface area contributed by atoms with Crippen LogP contribution in [0.3, 0.4) is 0 Å². The van der Waals surface area contributed by atoms with Gasteiger partial charge in [-0.3, -0.25) is 0 Å². The minimum Gasteiger partial charge on any atom is -0.315 e. The summed E-state index contributed by atoms with van der Waals surface area (Å²) in [5.74, 6) is 0.202. The van der Waals surface area contributed by atoms with Crippen molar-refractivity contribution in [1.82, 2.24) is 5.32 Å². The van der Waals surface area contributed by atoms with Crippen LogP contribution in [0.1, 0.15) is 27.2 Å². The van der Waals surface area contributed by atoms with Gasteiger partial charge in [0.15, 0.2) is 9.84 Å². The molecule has 0 radical (unpaired) electrons. The summed E-state index contributed by atoms with van der Waals surface area (Å²) >= 11 is 0. The minimum atomic E-state index is -2.97. The van der Waals surface area contributed by atoms with Gasteiger partial charge in [-0.15, -0.1) is 6.58 Å². The number of sulfone groups is 1. The van der Waals surface area contributed by atoms with Crippen LogP contribution in [0.25, 0.3) is 0 Å². The van der Waals surface area contributed by atoms with Gasteiger partial charge in [0.2, 0.25) is 0 Å². The molecule has 0 aliphatic heterocycles. The summed E-state index contributed by atoms with van der Waals surface area (Å²) < 4.78 is 22.6. The molecule has 0 spiro atoms. The fraction of sp³-hybridized carbons (Fsp3) is 0.800. The molecule has 0 aliphatic rings. The van der Waals surface area contributed by atoms with E-state index in [-0.39, 0.29) is 5.75 Å². The highest BCUT2D eigenvalue weighted by molar-refractivity contribution is 7.92. The monoisotopic (exact) mass is 219 g/mol. The molecule has 14 heavy (non-hydrogen) atoms. The summed E-state index contributed by atoms with van der Waals surface area (Å²) in [6.07, 6.45) is 2.68. The number of hydrogen-bond donors (Lipinski definition) is 1. The van der Waals surface area contributed by atoms with Crippen LogP contribution in [0.2, 0.25) is 0 Å². The van der Waals surface area contributed by atoms with E-state index in [1.54, 1.807) is 20.8 Å². The van der Waals surface area contributed by atoms with Crippen LogP contribution in [0.15, 0.2) is 12.7 Å². The molecule has 0 unspecified atom stereocenters. The third-order valence-electron chi connectivity index (χ3n) is 2.01. The lowest BCUT2D eigenvalue weighted by atomic mass is 10.3. The zero-order chi connectivity index (χ0) is 11.2. The Hall–Kier alpha value is -0.350. The van der Waals surface area contributed by atoms with E-state index in [2.05, 4.69) is 11.9 Å². The van der Waals surface area contributed by atoms with E-state index in [9.17, 15) is 8.42 Å². The van der Waals surface area contributed by atoms with Crippen molar-refractivity contribution >= 4 is 9.84 Å². The third kappa shape index (κ3) is 4.77. The van der Waals surface area contributed by atoms with Crippen LogP contribution in [0, 0.1) is 0 Å². The van der Waals surface area contributed by atoms with Gasteiger partial charge < -0.3 is 5.32 Å². The summed E-state index contributed by atoms with van der Waals surface area (Å²) in [4.78, 5) is 0. The first kappa shape index (κ1) is 13.7. The summed E-state index contributed by atoms with van der Waals surface area (Å²) in [5, 5.41) is 3.06. The summed E-state index contributed by atoms with van der Waals surface area (Å²) in [6.45, 7) is 10.1. The van der Waals surface area contributed by atoms with E-state index in [1.165, 1.54) is 0 Å². The minimum absolute atomic E-state index is 0.202. The molecule has 0 fully saturated rings. The first-order valence-electron chi connectivity index (χ1n) is 4.85. The molecule has 0 rings (SSSR count). The molecule has 0 saturated heterocycles. The van der Waals surface area contributed by atoms with Gasteiger partial charge >= 0.3 is 0 Å². The maximum atomic E-state index is 11.6. The Morgan fingerprint density at radius 2 is 1.86 bits per heavy atom. The lowest BCUT2D eigenvalue weighted by Crippen LogP contribution is -2.34. The highest BCUT2D eigenvalue weighted by Crippen LogP contribution is 2.14. The standard InChI is InChI=1S/C10H21NO2S/c1-5-6-7-11-8-9-14(12,13)10(2,3)4/h5,11H,1,6-9H2,2-4H3. The molecule has 0 amide bonds. The molecular formula is C10H21NO2S. The molecule has 84 valence electrons. The van der Waals surface area contributed by atoms with Crippen LogP contribution < -0.4 is 5.32 Å². The SMILES string of the molecule is C=CCCNCCS(=O)(=O)C(C)(C)C. The Balaban J connectivity index is 3.85. The largest absolute Gasteiger partial charge is 0.315 e. The molecule has 1 N–H and O–H groups in total. The lowest BCUT2D eigenvalue weighted by molar-refractivity contribution is 0.556. The lowest BCUT2D eigenvalue weighted by Gasteiger charge is -2.19. The quantitative estimate of drug-likeness (QED) is 0.542. The van der Waals surface area contributed by atoms with Gasteiger partial charge in [0.1, 0.15) is 0 Å². The normalized spacial score (nSPS) is 12.8. The van der Waals surface area contributed by atoms with Crippen molar-refractivity contribution in [3.8, 4) is 0 Å². The van der Waals surface area contributed by atoms with Crippen molar-refractivity contribution in [2.24, 2.45) is 0 Å². The average Bonchev–Trinajstić information content (AvgIpc) is 2.02. The topological polar surface area (TPSA) is 46.2 Å². The van der Waals surface area contributed by atoms with Gasteiger partial charge in [0.05, 0.1) is 10.5 Å². The molecule has 0 aromatic heterocycles. The Morgan fingerprint density at radius 3 is 2.29 bits per heavy atom. The molecule has 0 heterocycles. The fourth-order valence-electron chi connectivity index (χ4n) is 0.842. The maximum absolute atomic E-state index is 11.6. The molecule has 0 aromatic rings. The first-order chi connectivity index (χ1) is 6.31. The molecule has 0 aliphatic carbocycles. The predicted octanol–water partition coefficient (Wildman–Crippen LogP) is 1.37. The molecule has 0 saturated carbocycles. The molecule has 0 bridgehead atoms. The maximum Gasteiger partial charge on any atom is 0.156 e. The van der Waals surface area contributed by atoms with Gasteiger partial charge in [0, 0.05) is 6.54 Å². The second-order valence-corrected chi connectivity index (χ2v) is 7.12. The molecule has 0 aromatic carbocycles. The first-order valence-corrected chi connectivity index (χ1v) is 6.50. The van der Waals surface area contributed by atoms with Crippen molar-refractivity contribution < 1.29 is 8.42 Å². The molecule has 0 atom stereocenters. The van der Waals surface area contributed by atoms with Crippen LogP contribution in [0.4, 0.5) is 0 Å². The predicted molar refractivity (Wildman–Crippen MR) is 61.2 cm³/mol. The molecular weight excluding hydrogens is 198 g/mol. The van der Waals surface area contributed by atoms with Crippen LogP contribution in [-0.2, 0) is 9.84 Å². The Morgan fingerprint density at radius 1 is 1.29 bits per heavy atom. The second kappa shape index (κ2) is 5.51. The Labute approximate surface area is 87.5 Å². The van der Waals surface area contributed by atoms with Gasteiger partial charge in [-0.1, -0.05) is 6.08 Å².